The van der Waals surface area contributed by atoms with Crippen LogP contribution in [0.15, 0.2) is 10.6 Å². The lowest BCUT2D eigenvalue weighted by Crippen LogP contribution is -2.47. The van der Waals surface area contributed by atoms with Gasteiger partial charge in [0.25, 0.3) is 5.91 Å². The highest BCUT2D eigenvalue weighted by atomic mass is 79.9. The Morgan fingerprint density at radius 1 is 1.78 bits per heavy atom. The van der Waals surface area contributed by atoms with Crippen molar-refractivity contribution in [2.75, 3.05) is 0 Å². The number of nitrogens with one attached hydrogen (secondary N) is 2. The van der Waals surface area contributed by atoms with E-state index in [1.165, 1.54) is 6.08 Å². The van der Waals surface area contributed by atoms with E-state index in [9.17, 15) is 4.79 Å². The van der Waals surface area contributed by atoms with Crippen LogP contribution < -0.4 is 10.9 Å². The lowest BCUT2D eigenvalue weighted by molar-refractivity contribution is -0.119. The number of amides is 1. The Bertz CT molecular complexity index is 168. The largest absolute Gasteiger partial charge is 0.372 e. The molecule has 1 rings (SSSR count). The second kappa shape index (κ2) is 2.47. The molecule has 1 atom stereocenters. The van der Waals surface area contributed by atoms with Crippen LogP contribution in [-0.4, -0.2) is 17.2 Å². The molecule has 1 aliphatic rings. The molecule has 1 aliphatic heterocycles. The number of aliphatic hydroxyl groups excluding tert-OH is 1. The van der Waals surface area contributed by atoms with Gasteiger partial charge in [0.15, 0.2) is 6.23 Å². The van der Waals surface area contributed by atoms with Gasteiger partial charge in [-0.1, -0.05) is 15.9 Å². The van der Waals surface area contributed by atoms with Gasteiger partial charge in [0.05, 0.1) is 0 Å². The number of carbonyl (C=O) groups excluding carboxylic acids is 1. The van der Waals surface area contributed by atoms with Gasteiger partial charge in [-0.2, -0.15) is 0 Å². The predicted octanol–water partition coefficient (Wildman–Crippen LogP) is -0.782. The van der Waals surface area contributed by atoms with Crippen LogP contribution in [0.1, 0.15) is 0 Å². The molecule has 0 saturated heterocycles. The monoisotopic (exact) mass is 192 g/mol. The third-order valence-electron chi connectivity index (χ3n) is 0.862. The van der Waals surface area contributed by atoms with Crippen molar-refractivity contribution in [2.24, 2.45) is 0 Å². The molecule has 3 N–H and O–H groups in total. The molecule has 0 bridgehead atoms. The summed E-state index contributed by atoms with van der Waals surface area (Å²) >= 11 is 2.98. The smallest absolute Gasteiger partial charge is 0.259 e. The van der Waals surface area contributed by atoms with E-state index in [4.69, 9.17) is 5.11 Å². The summed E-state index contributed by atoms with van der Waals surface area (Å²) in [5.74, 6) is -0.271. The van der Waals surface area contributed by atoms with E-state index in [0.29, 0.717) is 4.48 Å². The Morgan fingerprint density at radius 2 is 2.44 bits per heavy atom. The summed E-state index contributed by atoms with van der Waals surface area (Å²) < 4.78 is 0.436. The second-order valence-corrected chi connectivity index (χ2v) is 2.48. The van der Waals surface area contributed by atoms with E-state index in [1.54, 1.807) is 0 Å². The van der Waals surface area contributed by atoms with Crippen molar-refractivity contribution in [1.82, 2.24) is 10.9 Å². The van der Waals surface area contributed by atoms with Crippen LogP contribution in [0.3, 0.4) is 0 Å². The quantitative estimate of drug-likeness (QED) is 0.472. The molecule has 0 fully saturated rings. The van der Waals surface area contributed by atoms with E-state index in [0.717, 1.165) is 0 Å². The molecule has 0 aromatic carbocycles. The van der Waals surface area contributed by atoms with Crippen molar-refractivity contribution >= 4 is 21.8 Å². The maximum absolute atomic E-state index is 10.4. The van der Waals surface area contributed by atoms with E-state index >= 15 is 0 Å². The van der Waals surface area contributed by atoms with Crippen LogP contribution in [0.5, 0.6) is 0 Å². The summed E-state index contributed by atoms with van der Waals surface area (Å²) in [5, 5.41) is 8.85. The average Bonchev–Trinajstić information content (AvgIpc) is 1.80. The first-order valence-electron chi connectivity index (χ1n) is 2.31. The van der Waals surface area contributed by atoms with Gasteiger partial charge in [-0.25, -0.2) is 5.43 Å². The van der Waals surface area contributed by atoms with Crippen LogP contribution in [-0.2, 0) is 4.79 Å². The highest BCUT2D eigenvalue weighted by Gasteiger charge is 2.14. The molecule has 5 heteroatoms. The van der Waals surface area contributed by atoms with Gasteiger partial charge in [0.2, 0.25) is 0 Å². The number of hydrogen-bond donors (Lipinski definition) is 3. The lowest BCUT2D eigenvalue weighted by Gasteiger charge is -2.16. The number of hydrogen-bond acceptors (Lipinski definition) is 3. The Hall–Kier alpha value is -0.390. The van der Waals surface area contributed by atoms with Crippen LogP contribution in [0.4, 0.5) is 0 Å². The van der Waals surface area contributed by atoms with Crippen molar-refractivity contribution in [3.63, 3.8) is 0 Å². The van der Waals surface area contributed by atoms with Crippen LogP contribution >= 0.6 is 15.9 Å². The summed E-state index contributed by atoms with van der Waals surface area (Å²) in [6.07, 6.45) is 0.448. The van der Waals surface area contributed by atoms with Crippen molar-refractivity contribution in [3.05, 3.63) is 10.6 Å². The third-order valence-corrected chi connectivity index (χ3v) is 1.52. The molecule has 1 heterocycles. The highest BCUT2D eigenvalue weighted by Crippen LogP contribution is 2.09. The predicted molar refractivity (Wildman–Crippen MR) is 34.3 cm³/mol. The number of rotatable bonds is 0. The van der Waals surface area contributed by atoms with E-state index in [1.807, 2.05) is 0 Å². The van der Waals surface area contributed by atoms with Crippen molar-refractivity contribution in [1.29, 1.82) is 0 Å². The van der Waals surface area contributed by atoms with Crippen molar-refractivity contribution in [2.45, 2.75) is 6.23 Å². The summed E-state index contributed by atoms with van der Waals surface area (Å²) in [6, 6.07) is 0. The Morgan fingerprint density at radius 3 is 2.89 bits per heavy atom. The first kappa shape index (κ1) is 6.73. The number of hydrazine groups is 1. The van der Waals surface area contributed by atoms with Gasteiger partial charge in [-0.3, -0.25) is 10.2 Å². The minimum atomic E-state index is -0.817. The fraction of sp³-hybridized carbons (Fsp3) is 0.250. The zero-order valence-electron chi connectivity index (χ0n) is 4.39. The van der Waals surface area contributed by atoms with Gasteiger partial charge >= 0.3 is 0 Å². The van der Waals surface area contributed by atoms with Gasteiger partial charge in [0.1, 0.15) is 0 Å². The molecular formula is C4H5BrN2O2. The minimum absolute atomic E-state index is 0.271. The molecule has 0 aromatic rings. The van der Waals surface area contributed by atoms with E-state index in [-0.39, 0.29) is 5.91 Å². The van der Waals surface area contributed by atoms with Gasteiger partial charge in [-0.15, -0.1) is 0 Å². The lowest BCUT2D eigenvalue weighted by atomic mass is 10.4. The topological polar surface area (TPSA) is 61.4 Å². The van der Waals surface area contributed by atoms with Gasteiger partial charge in [-0.05, 0) is 0 Å². The van der Waals surface area contributed by atoms with Gasteiger partial charge < -0.3 is 5.11 Å². The van der Waals surface area contributed by atoms with Crippen LogP contribution in [0.2, 0.25) is 0 Å². The number of carbonyl (C=O) groups is 1. The maximum Gasteiger partial charge on any atom is 0.259 e. The second-order valence-electron chi connectivity index (χ2n) is 1.57. The molecule has 9 heavy (non-hydrogen) atoms. The molecule has 0 aromatic heterocycles. The fourth-order valence-electron chi connectivity index (χ4n) is 0.449. The number of halogens is 1. The summed E-state index contributed by atoms with van der Waals surface area (Å²) in [7, 11) is 0. The normalized spacial score (nSPS) is 27.1. The zero-order chi connectivity index (χ0) is 6.85. The molecule has 0 spiro atoms. The molecule has 4 nitrogen and oxygen atoms in total. The molecule has 1 unspecified atom stereocenters. The summed E-state index contributed by atoms with van der Waals surface area (Å²) in [4.78, 5) is 10.4. The molecule has 0 radical (unpaired) electrons. The Kier molecular flexibility index (Phi) is 1.84. The highest BCUT2D eigenvalue weighted by molar-refractivity contribution is 9.11. The van der Waals surface area contributed by atoms with E-state index in [2.05, 4.69) is 26.8 Å². The fourth-order valence-corrected chi connectivity index (χ4v) is 0.771. The van der Waals surface area contributed by atoms with Crippen LogP contribution in [0.25, 0.3) is 0 Å². The van der Waals surface area contributed by atoms with Crippen molar-refractivity contribution < 1.29 is 9.90 Å². The van der Waals surface area contributed by atoms with Crippen LogP contribution in [0, 0.1) is 0 Å². The molecule has 0 saturated carbocycles. The summed E-state index contributed by atoms with van der Waals surface area (Å²) in [5.41, 5.74) is 4.54. The maximum atomic E-state index is 10.4. The molecule has 1 amide bonds. The molecule has 0 aliphatic carbocycles. The van der Waals surface area contributed by atoms with E-state index < -0.39 is 6.23 Å². The third kappa shape index (κ3) is 1.51. The van der Waals surface area contributed by atoms with Crippen molar-refractivity contribution in [3.8, 4) is 0 Å². The Labute approximate surface area is 60.0 Å². The van der Waals surface area contributed by atoms with Gasteiger partial charge in [0, 0.05) is 10.6 Å². The first-order chi connectivity index (χ1) is 4.20. The minimum Gasteiger partial charge on any atom is -0.372 e. The average molecular weight is 193 g/mol. The Balaban J connectivity index is 2.72. The standard InChI is InChI=1S/C4H5BrN2O2/c5-2-1-3(8)6-7-4(2)9/h1,4,7,9H,(H,6,8). The SMILES string of the molecule is O=C1C=C(Br)C(O)NN1. The summed E-state index contributed by atoms with van der Waals surface area (Å²) in [6.45, 7) is 0. The first-order valence-corrected chi connectivity index (χ1v) is 3.10. The molecule has 50 valence electrons. The molecular weight excluding hydrogens is 188 g/mol. The zero-order valence-corrected chi connectivity index (χ0v) is 5.97. The number of aliphatic hydroxyl groups is 1.